The van der Waals surface area contributed by atoms with Crippen LogP contribution in [-0.4, -0.2) is 14.2 Å². The molecular formula is C15H17NO2S. The predicted octanol–water partition coefficient (Wildman–Crippen LogP) is 2.85. The molecule has 0 amide bonds. The fraction of sp³-hybridized carbons (Fsp3) is 0.200. The van der Waals surface area contributed by atoms with Crippen LogP contribution in [-0.2, 0) is 9.84 Å². The third-order valence-corrected chi connectivity index (χ3v) is 4.97. The fourth-order valence-corrected chi connectivity index (χ4v) is 3.66. The van der Waals surface area contributed by atoms with Crippen molar-refractivity contribution in [2.45, 2.75) is 17.7 Å². The molecule has 0 aromatic heterocycles. The highest BCUT2D eigenvalue weighted by atomic mass is 32.2. The predicted molar refractivity (Wildman–Crippen MR) is 77.8 cm³/mol. The van der Waals surface area contributed by atoms with E-state index in [0.29, 0.717) is 5.69 Å². The molecule has 2 aromatic carbocycles. The van der Waals surface area contributed by atoms with Crippen LogP contribution in [0.3, 0.4) is 0 Å². The van der Waals surface area contributed by atoms with Gasteiger partial charge in [0, 0.05) is 5.69 Å². The summed E-state index contributed by atoms with van der Waals surface area (Å²) in [6.07, 6.45) is 0. The molecule has 1 atom stereocenters. The summed E-state index contributed by atoms with van der Waals surface area (Å²) in [6.45, 7) is 1.92. The maximum absolute atomic E-state index is 12.3. The molecule has 2 rings (SSSR count). The first kappa shape index (κ1) is 13.6. The van der Waals surface area contributed by atoms with Gasteiger partial charge in [-0.3, -0.25) is 0 Å². The highest BCUT2D eigenvalue weighted by Crippen LogP contribution is 2.22. The standard InChI is InChI=1S/C15H17NO2S/c1-12(13-6-3-2-4-7-13)11-19(17,18)15-9-5-8-14(16)10-15/h2-10,12H,11,16H2,1H3. The van der Waals surface area contributed by atoms with Crippen molar-refractivity contribution in [3.63, 3.8) is 0 Å². The Labute approximate surface area is 114 Å². The van der Waals surface area contributed by atoms with Crippen molar-refractivity contribution in [1.82, 2.24) is 0 Å². The lowest BCUT2D eigenvalue weighted by Crippen LogP contribution is -2.13. The summed E-state index contributed by atoms with van der Waals surface area (Å²) >= 11 is 0. The maximum Gasteiger partial charge on any atom is 0.179 e. The largest absolute Gasteiger partial charge is 0.399 e. The third kappa shape index (κ3) is 3.35. The van der Waals surface area contributed by atoms with E-state index in [2.05, 4.69) is 0 Å². The van der Waals surface area contributed by atoms with E-state index in [-0.39, 0.29) is 16.6 Å². The van der Waals surface area contributed by atoms with Gasteiger partial charge in [0.1, 0.15) is 0 Å². The van der Waals surface area contributed by atoms with Crippen molar-refractivity contribution in [2.75, 3.05) is 11.5 Å². The Morgan fingerprint density at radius 1 is 1.05 bits per heavy atom. The van der Waals surface area contributed by atoms with E-state index in [0.717, 1.165) is 5.56 Å². The Morgan fingerprint density at radius 3 is 2.37 bits per heavy atom. The number of hydrogen-bond donors (Lipinski definition) is 1. The summed E-state index contributed by atoms with van der Waals surface area (Å²) in [4.78, 5) is 0.287. The van der Waals surface area contributed by atoms with Gasteiger partial charge in [-0.15, -0.1) is 0 Å². The molecule has 0 aliphatic heterocycles. The van der Waals surface area contributed by atoms with Gasteiger partial charge in [0.05, 0.1) is 10.6 Å². The number of rotatable bonds is 4. The topological polar surface area (TPSA) is 60.2 Å². The number of nitrogens with two attached hydrogens (primary N) is 1. The van der Waals surface area contributed by atoms with Crippen LogP contribution in [0.15, 0.2) is 59.5 Å². The normalized spacial score (nSPS) is 13.1. The molecular weight excluding hydrogens is 258 g/mol. The molecule has 0 fully saturated rings. The van der Waals surface area contributed by atoms with E-state index in [1.54, 1.807) is 18.2 Å². The smallest absolute Gasteiger partial charge is 0.179 e. The van der Waals surface area contributed by atoms with E-state index in [1.807, 2.05) is 37.3 Å². The molecule has 0 heterocycles. The van der Waals surface area contributed by atoms with Gasteiger partial charge in [-0.1, -0.05) is 43.3 Å². The van der Waals surface area contributed by atoms with Crippen LogP contribution in [0.25, 0.3) is 0 Å². The minimum atomic E-state index is -3.31. The van der Waals surface area contributed by atoms with Crippen molar-refractivity contribution in [2.24, 2.45) is 0 Å². The second-order valence-corrected chi connectivity index (χ2v) is 6.70. The molecule has 3 nitrogen and oxygen atoms in total. The number of hydrogen-bond acceptors (Lipinski definition) is 3. The first-order valence-electron chi connectivity index (χ1n) is 6.12. The maximum atomic E-state index is 12.3. The summed E-state index contributed by atoms with van der Waals surface area (Å²) in [7, 11) is -3.31. The third-order valence-electron chi connectivity index (χ3n) is 3.06. The minimum Gasteiger partial charge on any atom is -0.399 e. The van der Waals surface area contributed by atoms with Gasteiger partial charge in [0.15, 0.2) is 9.84 Å². The van der Waals surface area contributed by atoms with E-state index >= 15 is 0 Å². The van der Waals surface area contributed by atoms with Gasteiger partial charge in [0.2, 0.25) is 0 Å². The second kappa shape index (κ2) is 5.45. The fourth-order valence-electron chi connectivity index (χ4n) is 2.01. The lowest BCUT2D eigenvalue weighted by Gasteiger charge is -2.12. The zero-order chi connectivity index (χ0) is 13.9. The van der Waals surface area contributed by atoms with Crippen LogP contribution in [0.2, 0.25) is 0 Å². The summed E-state index contributed by atoms with van der Waals surface area (Å²) in [5, 5.41) is 0. The molecule has 19 heavy (non-hydrogen) atoms. The molecule has 100 valence electrons. The quantitative estimate of drug-likeness (QED) is 0.873. The molecule has 1 unspecified atom stereocenters. The minimum absolute atomic E-state index is 0.0485. The SMILES string of the molecule is CC(CS(=O)(=O)c1cccc(N)c1)c1ccccc1. The summed E-state index contributed by atoms with van der Waals surface area (Å²) in [5.41, 5.74) is 7.12. The molecule has 0 saturated heterocycles. The number of anilines is 1. The van der Waals surface area contributed by atoms with E-state index in [4.69, 9.17) is 5.73 Å². The van der Waals surface area contributed by atoms with Crippen LogP contribution in [0.4, 0.5) is 5.69 Å². The van der Waals surface area contributed by atoms with Gasteiger partial charge < -0.3 is 5.73 Å². The Kier molecular flexibility index (Phi) is 3.90. The molecule has 2 aromatic rings. The Bertz CT molecular complexity index is 651. The van der Waals surface area contributed by atoms with E-state index < -0.39 is 9.84 Å². The molecule has 4 heteroatoms. The molecule has 0 aliphatic rings. The van der Waals surface area contributed by atoms with Crippen LogP contribution < -0.4 is 5.73 Å². The lowest BCUT2D eigenvalue weighted by atomic mass is 10.0. The van der Waals surface area contributed by atoms with Crippen LogP contribution in [0, 0.1) is 0 Å². The molecule has 0 spiro atoms. The first-order valence-corrected chi connectivity index (χ1v) is 7.77. The van der Waals surface area contributed by atoms with Crippen LogP contribution in [0.1, 0.15) is 18.4 Å². The molecule has 2 N–H and O–H groups in total. The monoisotopic (exact) mass is 275 g/mol. The van der Waals surface area contributed by atoms with Gasteiger partial charge in [-0.05, 0) is 29.7 Å². The van der Waals surface area contributed by atoms with Crippen molar-refractivity contribution in [3.05, 3.63) is 60.2 Å². The molecule has 0 bridgehead atoms. The van der Waals surface area contributed by atoms with Crippen molar-refractivity contribution >= 4 is 15.5 Å². The summed E-state index contributed by atoms with van der Waals surface area (Å²) in [6, 6.07) is 16.1. The summed E-state index contributed by atoms with van der Waals surface area (Å²) < 4.78 is 24.6. The van der Waals surface area contributed by atoms with Crippen LogP contribution in [0.5, 0.6) is 0 Å². The average molecular weight is 275 g/mol. The zero-order valence-corrected chi connectivity index (χ0v) is 11.6. The van der Waals surface area contributed by atoms with Gasteiger partial charge in [-0.25, -0.2) is 8.42 Å². The second-order valence-electron chi connectivity index (χ2n) is 4.67. The first-order chi connectivity index (χ1) is 8.99. The van der Waals surface area contributed by atoms with Gasteiger partial charge in [-0.2, -0.15) is 0 Å². The van der Waals surface area contributed by atoms with Crippen molar-refractivity contribution in [1.29, 1.82) is 0 Å². The van der Waals surface area contributed by atoms with Gasteiger partial charge >= 0.3 is 0 Å². The number of nitrogen functional groups attached to an aromatic ring is 1. The Morgan fingerprint density at radius 2 is 1.74 bits per heavy atom. The Hall–Kier alpha value is -1.81. The highest BCUT2D eigenvalue weighted by molar-refractivity contribution is 7.91. The molecule has 0 radical (unpaired) electrons. The number of benzene rings is 2. The van der Waals surface area contributed by atoms with Crippen molar-refractivity contribution in [3.8, 4) is 0 Å². The zero-order valence-electron chi connectivity index (χ0n) is 10.8. The average Bonchev–Trinajstić information content (AvgIpc) is 2.39. The highest BCUT2D eigenvalue weighted by Gasteiger charge is 2.19. The number of sulfone groups is 1. The molecule has 0 saturated carbocycles. The van der Waals surface area contributed by atoms with Crippen molar-refractivity contribution < 1.29 is 8.42 Å². The van der Waals surface area contributed by atoms with Crippen LogP contribution >= 0.6 is 0 Å². The van der Waals surface area contributed by atoms with Gasteiger partial charge in [0.25, 0.3) is 0 Å². The molecule has 0 aliphatic carbocycles. The Balaban J connectivity index is 2.23. The lowest BCUT2D eigenvalue weighted by molar-refractivity contribution is 0.590. The van der Waals surface area contributed by atoms with E-state index in [9.17, 15) is 8.42 Å². The van der Waals surface area contributed by atoms with E-state index in [1.165, 1.54) is 6.07 Å². The summed E-state index contributed by atoms with van der Waals surface area (Å²) in [5.74, 6) is 0.0353.